The summed E-state index contributed by atoms with van der Waals surface area (Å²) in [6.07, 6.45) is 0. The van der Waals surface area contributed by atoms with E-state index >= 15 is 0 Å². The normalized spacial score (nSPS) is 10.8. The van der Waals surface area contributed by atoms with Crippen LogP contribution in [0.3, 0.4) is 0 Å². The van der Waals surface area contributed by atoms with Crippen LogP contribution >= 0.6 is 0 Å². The van der Waals surface area contributed by atoms with Crippen molar-refractivity contribution >= 4 is 5.82 Å². The van der Waals surface area contributed by atoms with E-state index < -0.39 is 5.82 Å². The van der Waals surface area contributed by atoms with E-state index in [-0.39, 0.29) is 11.5 Å². The van der Waals surface area contributed by atoms with Crippen LogP contribution in [0.4, 0.5) is 10.2 Å². The number of nitrogen functional groups attached to an aromatic ring is 1. The van der Waals surface area contributed by atoms with Gasteiger partial charge in [-0.2, -0.15) is 5.10 Å². The summed E-state index contributed by atoms with van der Waals surface area (Å²) in [4.78, 5) is 0. The Morgan fingerprint density at radius 3 is 2.64 bits per heavy atom. The van der Waals surface area contributed by atoms with Gasteiger partial charge in [0.25, 0.3) is 0 Å². The molecule has 0 atom stereocenters. The van der Waals surface area contributed by atoms with Gasteiger partial charge in [-0.05, 0) is 6.92 Å². The summed E-state index contributed by atoms with van der Waals surface area (Å²) in [7, 11) is 1.73. The van der Waals surface area contributed by atoms with Crippen molar-refractivity contribution in [1.82, 2.24) is 25.2 Å². The zero-order chi connectivity index (χ0) is 10.3. The number of aromatic nitrogens is 5. The van der Waals surface area contributed by atoms with Crippen LogP contribution in [0.1, 0.15) is 5.69 Å². The third-order valence-corrected chi connectivity index (χ3v) is 2.08. The van der Waals surface area contributed by atoms with Crippen molar-refractivity contribution in [3.05, 3.63) is 11.5 Å². The van der Waals surface area contributed by atoms with E-state index in [1.165, 1.54) is 0 Å². The maximum atomic E-state index is 13.3. The SMILES string of the molecule is Cc1c(-c2[nH]nc(N)c2F)nnn1C. The Bertz CT molecular complexity index is 426. The molecule has 74 valence electrons. The molecule has 2 heterocycles. The zero-order valence-corrected chi connectivity index (χ0v) is 7.74. The number of hydrogen-bond donors (Lipinski definition) is 2. The Morgan fingerprint density at radius 1 is 1.50 bits per heavy atom. The molecular formula is C7H9FN6. The first kappa shape index (κ1) is 8.67. The van der Waals surface area contributed by atoms with E-state index in [0.29, 0.717) is 5.69 Å². The summed E-state index contributed by atoms with van der Waals surface area (Å²) < 4.78 is 14.9. The summed E-state index contributed by atoms with van der Waals surface area (Å²) >= 11 is 0. The first-order chi connectivity index (χ1) is 6.61. The van der Waals surface area contributed by atoms with E-state index in [1.807, 2.05) is 0 Å². The summed E-state index contributed by atoms with van der Waals surface area (Å²) in [5.74, 6) is -0.751. The molecule has 0 bridgehead atoms. The number of nitrogens with zero attached hydrogens (tertiary/aromatic N) is 4. The molecule has 0 spiro atoms. The van der Waals surface area contributed by atoms with E-state index in [0.717, 1.165) is 5.69 Å². The van der Waals surface area contributed by atoms with Gasteiger partial charge in [-0.15, -0.1) is 5.10 Å². The minimum atomic E-state index is -0.589. The zero-order valence-electron chi connectivity index (χ0n) is 7.74. The minimum absolute atomic E-state index is 0.162. The fourth-order valence-corrected chi connectivity index (χ4v) is 1.13. The number of anilines is 1. The molecular weight excluding hydrogens is 187 g/mol. The molecule has 6 nitrogen and oxygen atoms in total. The third-order valence-electron chi connectivity index (χ3n) is 2.08. The lowest BCUT2D eigenvalue weighted by Crippen LogP contribution is -1.93. The Labute approximate surface area is 78.9 Å². The third kappa shape index (κ3) is 1.05. The van der Waals surface area contributed by atoms with Gasteiger partial charge in [0, 0.05) is 7.05 Å². The first-order valence-corrected chi connectivity index (χ1v) is 3.97. The monoisotopic (exact) mass is 196 g/mol. The van der Waals surface area contributed by atoms with Gasteiger partial charge in [-0.25, -0.2) is 4.39 Å². The largest absolute Gasteiger partial charge is 0.380 e. The molecule has 0 amide bonds. The predicted molar refractivity (Wildman–Crippen MR) is 47.7 cm³/mol. The van der Waals surface area contributed by atoms with Gasteiger partial charge >= 0.3 is 0 Å². The summed E-state index contributed by atoms with van der Waals surface area (Å²) in [6.45, 7) is 1.78. The highest BCUT2D eigenvalue weighted by atomic mass is 19.1. The maximum absolute atomic E-state index is 13.3. The molecule has 0 aliphatic carbocycles. The molecule has 0 fully saturated rings. The second-order valence-electron chi connectivity index (χ2n) is 2.94. The molecule has 0 aliphatic rings. The topological polar surface area (TPSA) is 85.4 Å². The maximum Gasteiger partial charge on any atom is 0.194 e. The second kappa shape index (κ2) is 2.79. The van der Waals surface area contributed by atoms with Crippen molar-refractivity contribution in [2.75, 3.05) is 5.73 Å². The van der Waals surface area contributed by atoms with E-state index in [4.69, 9.17) is 5.73 Å². The number of halogens is 1. The molecule has 0 saturated carbocycles. The number of hydrogen-bond acceptors (Lipinski definition) is 4. The Hall–Kier alpha value is -1.92. The lowest BCUT2D eigenvalue weighted by molar-refractivity contribution is 0.636. The van der Waals surface area contributed by atoms with Crippen LogP contribution in [-0.2, 0) is 7.05 Å². The Kier molecular flexibility index (Phi) is 1.73. The number of rotatable bonds is 1. The van der Waals surface area contributed by atoms with Gasteiger partial charge in [-0.3, -0.25) is 9.78 Å². The number of nitrogens with one attached hydrogen (secondary N) is 1. The van der Waals surface area contributed by atoms with Crippen LogP contribution in [-0.4, -0.2) is 25.2 Å². The first-order valence-electron chi connectivity index (χ1n) is 3.97. The fraction of sp³-hybridized carbons (Fsp3) is 0.286. The number of aromatic amines is 1. The Morgan fingerprint density at radius 2 is 2.21 bits per heavy atom. The molecule has 0 saturated heterocycles. The van der Waals surface area contributed by atoms with Crippen molar-refractivity contribution in [3.63, 3.8) is 0 Å². The number of H-pyrrole nitrogens is 1. The molecule has 14 heavy (non-hydrogen) atoms. The van der Waals surface area contributed by atoms with Crippen molar-refractivity contribution in [2.45, 2.75) is 6.92 Å². The quantitative estimate of drug-likeness (QED) is 0.683. The van der Waals surface area contributed by atoms with Crippen molar-refractivity contribution < 1.29 is 4.39 Å². The van der Waals surface area contributed by atoms with Crippen LogP contribution in [0.2, 0.25) is 0 Å². The smallest absolute Gasteiger partial charge is 0.194 e. The summed E-state index contributed by atoms with van der Waals surface area (Å²) in [5.41, 5.74) is 6.60. The molecule has 0 unspecified atom stereocenters. The van der Waals surface area contributed by atoms with Gasteiger partial charge in [0.05, 0.1) is 5.69 Å². The average Bonchev–Trinajstić information content (AvgIpc) is 2.63. The van der Waals surface area contributed by atoms with Gasteiger partial charge in [0.15, 0.2) is 11.6 Å². The molecule has 7 heteroatoms. The summed E-state index contributed by atoms with van der Waals surface area (Å²) in [5, 5.41) is 13.6. The molecule has 0 aliphatic heterocycles. The number of aryl methyl sites for hydroxylation is 1. The highest BCUT2D eigenvalue weighted by molar-refractivity contribution is 5.60. The van der Waals surface area contributed by atoms with Gasteiger partial charge in [0.2, 0.25) is 0 Å². The summed E-state index contributed by atoms with van der Waals surface area (Å²) in [6, 6.07) is 0. The molecule has 3 N–H and O–H groups in total. The van der Waals surface area contributed by atoms with E-state index in [9.17, 15) is 4.39 Å². The number of nitrogens with two attached hydrogens (primary N) is 1. The molecule has 2 aromatic rings. The van der Waals surface area contributed by atoms with Crippen LogP contribution in [0.5, 0.6) is 0 Å². The van der Waals surface area contributed by atoms with E-state index in [1.54, 1.807) is 18.7 Å². The van der Waals surface area contributed by atoms with Crippen molar-refractivity contribution in [2.24, 2.45) is 7.05 Å². The highest BCUT2D eigenvalue weighted by Crippen LogP contribution is 2.23. The molecule has 2 aromatic heterocycles. The average molecular weight is 196 g/mol. The molecule has 0 radical (unpaired) electrons. The van der Waals surface area contributed by atoms with Crippen LogP contribution in [0, 0.1) is 12.7 Å². The molecule has 2 rings (SSSR count). The second-order valence-corrected chi connectivity index (χ2v) is 2.94. The lowest BCUT2D eigenvalue weighted by atomic mass is 10.2. The van der Waals surface area contributed by atoms with Crippen LogP contribution in [0.25, 0.3) is 11.4 Å². The van der Waals surface area contributed by atoms with Crippen molar-refractivity contribution in [3.8, 4) is 11.4 Å². The fourth-order valence-electron chi connectivity index (χ4n) is 1.13. The Balaban J connectivity index is 2.60. The predicted octanol–water partition coefficient (Wildman–Crippen LogP) is 0.235. The lowest BCUT2D eigenvalue weighted by Gasteiger charge is -1.94. The van der Waals surface area contributed by atoms with Gasteiger partial charge in [-0.1, -0.05) is 5.21 Å². The molecule has 0 aromatic carbocycles. The minimum Gasteiger partial charge on any atom is -0.380 e. The highest BCUT2D eigenvalue weighted by Gasteiger charge is 2.17. The van der Waals surface area contributed by atoms with E-state index in [2.05, 4.69) is 20.5 Å². The van der Waals surface area contributed by atoms with Crippen LogP contribution in [0.15, 0.2) is 0 Å². The van der Waals surface area contributed by atoms with Gasteiger partial charge in [0.1, 0.15) is 11.4 Å². The standard InChI is InChI=1S/C7H9FN6/c1-3-5(11-13-14(3)2)6-4(8)7(9)12-10-6/h1-2H3,(H3,9,10,12). The van der Waals surface area contributed by atoms with Gasteiger partial charge < -0.3 is 5.73 Å². The van der Waals surface area contributed by atoms with Crippen LogP contribution < -0.4 is 5.73 Å². The van der Waals surface area contributed by atoms with Crippen molar-refractivity contribution in [1.29, 1.82) is 0 Å².